The van der Waals surface area contributed by atoms with E-state index in [1.54, 1.807) is 12.1 Å². The fourth-order valence-electron chi connectivity index (χ4n) is 3.11. The highest BCUT2D eigenvalue weighted by Crippen LogP contribution is 2.27. The highest BCUT2D eigenvalue weighted by Gasteiger charge is 2.29. The van der Waals surface area contributed by atoms with Crippen molar-refractivity contribution in [3.8, 4) is 5.75 Å². The molecule has 0 aromatic heterocycles. The van der Waals surface area contributed by atoms with Crippen molar-refractivity contribution in [3.63, 3.8) is 0 Å². The van der Waals surface area contributed by atoms with Crippen LogP contribution in [0.4, 0.5) is 15.8 Å². The van der Waals surface area contributed by atoms with Crippen LogP contribution in [0.1, 0.15) is 25.3 Å². The second-order valence-corrected chi connectivity index (χ2v) is 9.33. The highest BCUT2D eigenvalue weighted by molar-refractivity contribution is 7.92. The molecule has 6 nitrogen and oxygen atoms in total. The molecule has 32 heavy (non-hydrogen) atoms. The summed E-state index contributed by atoms with van der Waals surface area (Å²) in [6, 6.07) is 18.4. The summed E-state index contributed by atoms with van der Waals surface area (Å²) in [4.78, 5) is 12.7. The van der Waals surface area contributed by atoms with Crippen LogP contribution in [0.2, 0.25) is 0 Å². The zero-order chi connectivity index (χ0) is 23.3. The van der Waals surface area contributed by atoms with E-state index >= 15 is 0 Å². The molecule has 0 fully saturated rings. The third kappa shape index (κ3) is 5.26. The number of ether oxygens (including phenoxy) is 1. The minimum atomic E-state index is -4.23. The van der Waals surface area contributed by atoms with E-state index in [1.165, 1.54) is 49.6 Å². The van der Waals surface area contributed by atoms with E-state index in [0.717, 1.165) is 15.9 Å². The van der Waals surface area contributed by atoms with Crippen LogP contribution in [-0.2, 0) is 14.8 Å². The molecule has 0 aliphatic carbocycles. The molecule has 0 spiro atoms. The molecule has 0 saturated heterocycles. The molecule has 0 aliphatic heterocycles. The number of carbonyl (C=O) groups excluding carboxylic acids is 1. The van der Waals surface area contributed by atoms with E-state index in [0.29, 0.717) is 17.4 Å². The second-order valence-electron chi connectivity index (χ2n) is 7.46. The van der Waals surface area contributed by atoms with Crippen molar-refractivity contribution in [2.75, 3.05) is 23.3 Å². The van der Waals surface area contributed by atoms with E-state index in [2.05, 4.69) is 19.2 Å². The molecule has 0 aliphatic rings. The van der Waals surface area contributed by atoms with Crippen molar-refractivity contribution in [2.45, 2.75) is 24.7 Å². The number of benzene rings is 3. The molecule has 8 heteroatoms. The normalized spacial score (nSPS) is 11.3. The van der Waals surface area contributed by atoms with Crippen molar-refractivity contribution in [1.82, 2.24) is 0 Å². The van der Waals surface area contributed by atoms with Gasteiger partial charge in [0.05, 0.1) is 17.7 Å². The summed E-state index contributed by atoms with van der Waals surface area (Å²) in [5.41, 5.74) is 1.42. The van der Waals surface area contributed by atoms with Gasteiger partial charge in [-0.05, 0) is 60.0 Å². The number of nitrogens with one attached hydrogen (secondary N) is 1. The Kier molecular flexibility index (Phi) is 7.15. The first-order valence-corrected chi connectivity index (χ1v) is 11.5. The molecule has 3 aromatic carbocycles. The van der Waals surface area contributed by atoms with Gasteiger partial charge in [0.25, 0.3) is 10.0 Å². The Morgan fingerprint density at radius 3 is 2.19 bits per heavy atom. The topological polar surface area (TPSA) is 75.7 Å². The summed E-state index contributed by atoms with van der Waals surface area (Å²) < 4.78 is 47.0. The van der Waals surface area contributed by atoms with Crippen LogP contribution in [0, 0.1) is 5.82 Å². The van der Waals surface area contributed by atoms with Gasteiger partial charge in [0.2, 0.25) is 5.91 Å². The number of anilines is 2. The zero-order valence-electron chi connectivity index (χ0n) is 18.1. The maximum atomic E-state index is 14.5. The molecular weight excluding hydrogens is 431 g/mol. The van der Waals surface area contributed by atoms with Crippen LogP contribution >= 0.6 is 0 Å². The lowest BCUT2D eigenvalue weighted by atomic mass is 10.0. The minimum Gasteiger partial charge on any atom is -0.497 e. The molecule has 168 valence electrons. The Morgan fingerprint density at radius 2 is 1.62 bits per heavy atom. The second kappa shape index (κ2) is 9.82. The first kappa shape index (κ1) is 23.3. The molecule has 1 N–H and O–H groups in total. The van der Waals surface area contributed by atoms with Gasteiger partial charge in [0.15, 0.2) is 0 Å². The van der Waals surface area contributed by atoms with Gasteiger partial charge in [-0.25, -0.2) is 12.8 Å². The van der Waals surface area contributed by atoms with E-state index in [9.17, 15) is 17.6 Å². The van der Waals surface area contributed by atoms with Gasteiger partial charge in [-0.15, -0.1) is 0 Å². The van der Waals surface area contributed by atoms with Crippen LogP contribution in [0.5, 0.6) is 5.75 Å². The van der Waals surface area contributed by atoms with E-state index in [1.807, 2.05) is 12.1 Å². The van der Waals surface area contributed by atoms with Crippen LogP contribution in [0.15, 0.2) is 77.7 Å². The SMILES string of the molecule is COc1ccc(S(=O)(=O)N(CC(=O)Nc2ccc(C(C)C)cc2)c2ccccc2F)cc1. The third-order valence-corrected chi connectivity index (χ3v) is 6.69. The Bertz CT molecular complexity index is 1180. The van der Waals surface area contributed by atoms with E-state index in [4.69, 9.17) is 4.74 Å². The largest absolute Gasteiger partial charge is 0.497 e. The number of sulfonamides is 1. The number of carbonyl (C=O) groups is 1. The van der Waals surface area contributed by atoms with Crippen LogP contribution in [-0.4, -0.2) is 28.0 Å². The van der Waals surface area contributed by atoms with Crippen molar-refractivity contribution >= 4 is 27.3 Å². The number of halogens is 1. The summed E-state index contributed by atoms with van der Waals surface area (Å²) in [5.74, 6) is -0.531. The van der Waals surface area contributed by atoms with Crippen molar-refractivity contribution in [1.29, 1.82) is 0 Å². The number of hydrogen-bond acceptors (Lipinski definition) is 4. The monoisotopic (exact) mass is 456 g/mol. The van der Waals surface area contributed by atoms with Gasteiger partial charge >= 0.3 is 0 Å². The van der Waals surface area contributed by atoms with Crippen LogP contribution in [0.3, 0.4) is 0 Å². The lowest BCUT2D eigenvalue weighted by Gasteiger charge is -2.24. The van der Waals surface area contributed by atoms with Gasteiger partial charge < -0.3 is 10.1 Å². The van der Waals surface area contributed by atoms with Gasteiger partial charge in [-0.1, -0.05) is 38.1 Å². The summed E-state index contributed by atoms with van der Waals surface area (Å²) >= 11 is 0. The summed E-state index contributed by atoms with van der Waals surface area (Å²) in [6.45, 7) is 3.52. The number of para-hydroxylation sites is 1. The minimum absolute atomic E-state index is 0.0874. The summed E-state index contributed by atoms with van der Waals surface area (Å²) in [5, 5.41) is 2.68. The molecule has 3 rings (SSSR count). The van der Waals surface area contributed by atoms with Crippen molar-refractivity contribution < 1.29 is 22.3 Å². The number of rotatable bonds is 8. The summed E-state index contributed by atoms with van der Waals surface area (Å²) in [6.07, 6.45) is 0. The van der Waals surface area contributed by atoms with E-state index < -0.39 is 28.3 Å². The third-order valence-electron chi connectivity index (χ3n) is 4.92. The fraction of sp³-hybridized carbons (Fsp3) is 0.208. The van der Waals surface area contributed by atoms with Gasteiger partial charge in [0, 0.05) is 5.69 Å². The molecule has 0 bridgehead atoms. The number of nitrogens with zero attached hydrogens (tertiary/aromatic N) is 1. The molecule has 0 radical (unpaired) electrons. The predicted octanol–water partition coefficient (Wildman–Crippen LogP) is 4.79. The van der Waals surface area contributed by atoms with Crippen molar-refractivity contribution in [2.24, 2.45) is 0 Å². The molecule has 0 unspecified atom stereocenters. The average Bonchev–Trinajstić information content (AvgIpc) is 2.78. The smallest absolute Gasteiger partial charge is 0.264 e. The van der Waals surface area contributed by atoms with Crippen molar-refractivity contribution in [3.05, 3.63) is 84.2 Å². The van der Waals surface area contributed by atoms with Crippen LogP contribution in [0.25, 0.3) is 0 Å². The Labute approximate surface area is 187 Å². The number of hydrogen-bond donors (Lipinski definition) is 1. The number of amides is 1. The molecule has 0 saturated carbocycles. The Morgan fingerprint density at radius 1 is 1.00 bits per heavy atom. The van der Waals surface area contributed by atoms with Gasteiger partial charge in [-0.3, -0.25) is 9.10 Å². The first-order chi connectivity index (χ1) is 15.2. The molecule has 0 atom stereocenters. The zero-order valence-corrected chi connectivity index (χ0v) is 18.9. The number of methoxy groups -OCH3 is 1. The summed E-state index contributed by atoms with van der Waals surface area (Å²) in [7, 11) is -2.76. The predicted molar refractivity (Wildman–Crippen MR) is 123 cm³/mol. The molecular formula is C24H25FN2O4S. The Balaban J connectivity index is 1.91. The maximum absolute atomic E-state index is 14.5. The van der Waals surface area contributed by atoms with Gasteiger partial charge in [-0.2, -0.15) is 0 Å². The quantitative estimate of drug-likeness (QED) is 0.529. The van der Waals surface area contributed by atoms with Crippen LogP contribution < -0.4 is 14.4 Å². The van der Waals surface area contributed by atoms with Gasteiger partial charge in [0.1, 0.15) is 18.1 Å². The standard InChI is InChI=1S/C24H25FN2O4S/c1-17(2)18-8-10-19(11-9-18)26-24(28)16-27(23-7-5-4-6-22(23)25)32(29,30)21-14-12-20(31-3)13-15-21/h4-15,17H,16H2,1-3H3,(H,26,28). The maximum Gasteiger partial charge on any atom is 0.264 e. The fourth-order valence-corrected chi connectivity index (χ4v) is 4.54. The lowest BCUT2D eigenvalue weighted by Crippen LogP contribution is -2.38. The Hall–Kier alpha value is -3.39. The average molecular weight is 457 g/mol. The highest BCUT2D eigenvalue weighted by atomic mass is 32.2. The molecule has 3 aromatic rings. The lowest BCUT2D eigenvalue weighted by molar-refractivity contribution is -0.114. The molecule has 1 amide bonds. The first-order valence-electron chi connectivity index (χ1n) is 10.0. The van der Waals surface area contributed by atoms with E-state index in [-0.39, 0.29) is 10.6 Å². The molecule has 0 heterocycles.